The topological polar surface area (TPSA) is 99.4 Å². The van der Waals surface area contributed by atoms with Crippen LogP contribution in [-0.4, -0.2) is 53.6 Å². The van der Waals surface area contributed by atoms with Gasteiger partial charge in [-0.1, -0.05) is 54.9 Å². The monoisotopic (exact) mass is 684 g/mol. The number of aromatic nitrogens is 1. The highest BCUT2D eigenvalue weighted by molar-refractivity contribution is 8.00. The summed E-state index contributed by atoms with van der Waals surface area (Å²) >= 11 is 8.75. The number of aryl methyl sites for hydroxylation is 3. The number of ether oxygens (including phenoxy) is 1. The summed E-state index contributed by atoms with van der Waals surface area (Å²) in [5.41, 5.74) is 8.36. The maximum absolute atomic E-state index is 12.8. The lowest BCUT2D eigenvalue weighted by Crippen LogP contribution is -2.12. The van der Waals surface area contributed by atoms with E-state index in [1.54, 1.807) is 11.8 Å². The van der Waals surface area contributed by atoms with E-state index in [1.807, 2.05) is 62.9 Å². The Balaban J connectivity index is 1.66. The molecule has 0 aliphatic carbocycles. The van der Waals surface area contributed by atoms with Crippen LogP contribution in [0.25, 0.3) is 27.2 Å². The first-order valence-corrected chi connectivity index (χ1v) is 18.0. The Morgan fingerprint density at radius 1 is 1.15 bits per heavy atom. The molecule has 0 saturated carbocycles. The average molecular weight is 685 g/mol. The lowest BCUT2D eigenvalue weighted by atomic mass is 9.91. The van der Waals surface area contributed by atoms with Crippen LogP contribution in [0, 0.1) is 12.3 Å². The lowest BCUT2D eigenvalue weighted by Gasteiger charge is -2.20. The zero-order valence-electron chi connectivity index (χ0n) is 28.4. The molecule has 1 aliphatic rings. The third-order valence-corrected chi connectivity index (χ3v) is 10.3. The number of aromatic carboxylic acids is 1. The first-order valence-electron chi connectivity index (χ1n) is 16.5. The van der Waals surface area contributed by atoms with Gasteiger partial charge in [0.05, 0.1) is 6.61 Å². The predicted molar refractivity (Wildman–Crippen MR) is 203 cm³/mol. The van der Waals surface area contributed by atoms with Gasteiger partial charge in [-0.25, -0.2) is 4.79 Å². The van der Waals surface area contributed by atoms with Gasteiger partial charge in [-0.15, -0.1) is 0 Å². The number of nitrogens with zero attached hydrogens (tertiary/aromatic N) is 1. The molecular weight excluding hydrogens is 640 g/mol. The zero-order valence-corrected chi connectivity index (χ0v) is 30.0. The number of hydrogen-bond acceptors (Lipinski definition) is 6. The van der Waals surface area contributed by atoms with Crippen LogP contribution in [0.5, 0.6) is 5.75 Å². The molecule has 252 valence electrons. The Kier molecular flexibility index (Phi) is 11.6. The number of rotatable bonds is 4. The Morgan fingerprint density at radius 2 is 1.94 bits per heavy atom. The van der Waals surface area contributed by atoms with Crippen LogP contribution < -0.4 is 15.4 Å². The van der Waals surface area contributed by atoms with Gasteiger partial charge in [-0.2, -0.15) is 11.8 Å². The molecule has 4 N–H and O–H groups in total. The van der Waals surface area contributed by atoms with Gasteiger partial charge in [0, 0.05) is 81.7 Å². The van der Waals surface area contributed by atoms with Gasteiger partial charge >= 0.3 is 5.97 Å². The molecule has 2 heterocycles. The number of hydrogen-bond donors (Lipinski definition) is 4. The van der Waals surface area contributed by atoms with Gasteiger partial charge in [0.25, 0.3) is 0 Å². The molecule has 0 amide bonds. The molecule has 9 heteroatoms. The van der Waals surface area contributed by atoms with Gasteiger partial charge in [0.2, 0.25) is 0 Å². The largest absolute Gasteiger partial charge is 0.493 e. The Bertz CT molecular complexity index is 1960. The molecule has 7 nitrogen and oxygen atoms in total. The highest BCUT2D eigenvalue weighted by Crippen LogP contribution is 2.42. The van der Waals surface area contributed by atoms with Crippen molar-refractivity contribution < 1.29 is 14.6 Å². The molecule has 48 heavy (non-hydrogen) atoms. The summed E-state index contributed by atoms with van der Waals surface area (Å²) in [6.45, 7) is 6.92. The van der Waals surface area contributed by atoms with E-state index < -0.39 is 5.97 Å². The molecule has 0 spiro atoms. The molecule has 1 aromatic heterocycles. The molecule has 0 fully saturated rings. The highest BCUT2D eigenvalue weighted by Gasteiger charge is 2.26. The normalized spacial score (nSPS) is 18.2. The third kappa shape index (κ3) is 7.45. The van der Waals surface area contributed by atoms with Crippen molar-refractivity contribution in [3.63, 3.8) is 0 Å². The lowest BCUT2D eigenvalue weighted by molar-refractivity contribution is 0.0684. The van der Waals surface area contributed by atoms with Gasteiger partial charge in [0.15, 0.2) is 0 Å². The second-order valence-corrected chi connectivity index (χ2v) is 13.5. The van der Waals surface area contributed by atoms with Crippen LogP contribution in [-0.2, 0) is 13.0 Å². The molecule has 5 rings (SSSR count). The zero-order chi connectivity index (χ0) is 34.4. The number of nitrogens with one attached hydrogen (secondary N) is 3. The van der Waals surface area contributed by atoms with E-state index in [2.05, 4.69) is 47.9 Å². The van der Waals surface area contributed by atoms with Crippen molar-refractivity contribution in [3.8, 4) is 5.75 Å². The average Bonchev–Trinajstić information content (AvgIpc) is 3.36. The summed E-state index contributed by atoms with van der Waals surface area (Å²) in [6, 6.07) is 16.4. The van der Waals surface area contributed by atoms with Crippen LogP contribution in [0.1, 0.15) is 60.3 Å². The van der Waals surface area contributed by atoms with E-state index in [1.165, 1.54) is 0 Å². The number of carboxylic acid groups (broad SMARTS) is 1. The first-order chi connectivity index (χ1) is 23.2. The number of allylic oxidation sites excluding steroid dienone is 5. The molecule has 1 aliphatic heterocycles. The number of carbonyl (C=O) groups is 1. The van der Waals surface area contributed by atoms with Crippen LogP contribution in [0.3, 0.4) is 0 Å². The van der Waals surface area contributed by atoms with Crippen LogP contribution >= 0.6 is 23.4 Å². The smallest absolute Gasteiger partial charge is 0.352 e. The molecule has 0 atom stereocenters. The molecular formula is C39H45ClN4O3S. The van der Waals surface area contributed by atoms with Crippen molar-refractivity contribution in [2.24, 2.45) is 0 Å². The minimum atomic E-state index is -0.969. The molecule has 4 aromatic rings. The fraction of sp³-hybridized carbons (Fsp3) is 0.333. The summed E-state index contributed by atoms with van der Waals surface area (Å²) in [4.78, 5) is 12.8. The van der Waals surface area contributed by atoms with Crippen molar-refractivity contribution in [1.82, 2.24) is 15.2 Å². The van der Waals surface area contributed by atoms with Gasteiger partial charge in [-0.3, -0.25) is 0 Å². The standard InChI is InChI=1S/C39H45ClN4O3S/c1-6-10-28-22-48-23-29(41)21-30(43-5)14-13-26-19-27-11-7-8-12-31(27)34(20-26)47-18-9-17-44-33-16-15-32(40)37(36(28)25(3)42-4)35(33)24(2)38(44)39(45)46/h7-8,10-12,15-16,19-21,41-43H,6,9,13-14,17-18,22-23H2,1-5H3,(H,45,46)/b28-10+,30-21-,36-25+,41-29?. The number of thioether (sulfide) groups is 1. The van der Waals surface area contributed by atoms with Crippen LogP contribution in [0.2, 0.25) is 5.02 Å². The summed E-state index contributed by atoms with van der Waals surface area (Å²) in [5.74, 6) is 1.07. The molecule has 6 bridgehead atoms. The molecule has 3 aromatic carbocycles. The fourth-order valence-corrected chi connectivity index (χ4v) is 7.77. The van der Waals surface area contributed by atoms with Crippen molar-refractivity contribution in [1.29, 1.82) is 5.41 Å². The van der Waals surface area contributed by atoms with Gasteiger partial charge in [-0.05, 0) is 85.9 Å². The van der Waals surface area contributed by atoms with Crippen molar-refractivity contribution >= 4 is 62.3 Å². The van der Waals surface area contributed by atoms with E-state index in [4.69, 9.17) is 21.7 Å². The van der Waals surface area contributed by atoms with Crippen molar-refractivity contribution in [2.45, 2.75) is 53.0 Å². The van der Waals surface area contributed by atoms with E-state index in [0.717, 1.165) is 80.4 Å². The van der Waals surface area contributed by atoms with Gasteiger partial charge in [0.1, 0.15) is 11.4 Å². The third-order valence-electron chi connectivity index (χ3n) is 8.93. The number of fused-ring (bicyclic) bond motifs is 4. The van der Waals surface area contributed by atoms with E-state index >= 15 is 0 Å². The quantitative estimate of drug-likeness (QED) is 0.171. The summed E-state index contributed by atoms with van der Waals surface area (Å²) < 4.78 is 8.34. The second-order valence-electron chi connectivity index (χ2n) is 12.1. The van der Waals surface area contributed by atoms with E-state index in [-0.39, 0.29) is 5.69 Å². The van der Waals surface area contributed by atoms with Crippen molar-refractivity contribution in [2.75, 3.05) is 32.2 Å². The van der Waals surface area contributed by atoms with Crippen LogP contribution in [0.15, 0.2) is 77.7 Å². The van der Waals surface area contributed by atoms with E-state index in [9.17, 15) is 9.90 Å². The van der Waals surface area contributed by atoms with Crippen LogP contribution in [0.4, 0.5) is 0 Å². The Labute approximate surface area is 292 Å². The minimum Gasteiger partial charge on any atom is -0.493 e. The molecule has 0 saturated heterocycles. The first kappa shape index (κ1) is 35.2. The number of halogens is 1. The Hall–Kier alpha value is -4.14. The fourth-order valence-electron chi connectivity index (χ4n) is 6.63. The SMILES string of the molecule is CC/C=C1\CSCC(=N)/C=C(\NC)CCc2cc(c3ccccc3c2)OCCCn2c(C(=O)O)c(C)c3c(c(Cl)ccc32)\C1=C(/C)NC. The summed E-state index contributed by atoms with van der Waals surface area (Å²) in [7, 11) is 3.81. The highest BCUT2D eigenvalue weighted by atomic mass is 35.5. The Morgan fingerprint density at radius 3 is 2.67 bits per heavy atom. The number of benzene rings is 3. The maximum atomic E-state index is 12.8. The molecule has 0 radical (unpaired) electrons. The number of carboxylic acids is 1. The molecule has 0 unspecified atom stereocenters. The van der Waals surface area contributed by atoms with Crippen molar-refractivity contribution in [3.05, 3.63) is 105 Å². The predicted octanol–water partition coefficient (Wildman–Crippen LogP) is 9.01. The van der Waals surface area contributed by atoms with Gasteiger partial charge < -0.3 is 30.5 Å². The van der Waals surface area contributed by atoms with E-state index in [0.29, 0.717) is 47.4 Å². The second kappa shape index (κ2) is 15.8. The minimum absolute atomic E-state index is 0.264. The summed E-state index contributed by atoms with van der Waals surface area (Å²) in [6.07, 6.45) is 7.17. The summed E-state index contributed by atoms with van der Waals surface area (Å²) in [5, 5.41) is 29.5. The maximum Gasteiger partial charge on any atom is 0.352 e.